The lowest BCUT2D eigenvalue weighted by molar-refractivity contribution is 0.445. The summed E-state index contributed by atoms with van der Waals surface area (Å²) in [6, 6.07) is 5.50. The van der Waals surface area contributed by atoms with Gasteiger partial charge in [0.25, 0.3) is 0 Å². The number of benzene rings is 1. The molecule has 0 aliphatic carbocycles. The van der Waals surface area contributed by atoms with E-state index in [9.17, 15) is 8.42 Å². The molecular weight excluding hydrogens is 368 g/mol. The van der Waals surface area contributed by atoms with Gasteiger partial charge in [0.15, 0.2) is 5.11 Å². The highest BCUT2D eigenvalue weighted by Crippen LogP contribution is 2.32. The fourth-order valence-electron chi connectivity index (χ4n) is 3.14. The Hall–Kier alpha value is -1.38. The van der Waals surface area contributed by atoms with Gasteiger partial charge < -0.3 is 15.5 Å². The predicted molar refractivity (Wildman–Crippen MR) is 112 cm³/mol. The first-order chi connectivity index (χ1) is 12.3. The SMILES string of the molecule is CCN(CC)S(=O)(=O)c1ccc(N2CCCC2)c(NC(=S)NC(C)C)c1. The number of anilines is 2. The van der Waals surface area contributed by atoms with Gasteiger partial charge in [0.1, 0.15) is 0 Å². The van der Waals surface area contributed by atoms with Crippen molar-refractivity contribution in [3.05, 3.63) is 18.2 Å². The normalized spacial score (nSPS) is 14.9. The molecule has 1 fully saturated rings. The topological polar surface area (TPSA) is 64.7 Å². The van der Waals surface area contributed by atoms with Crippen LogP contribution in [0, 0.1) is 0 Å². The first-order valence-electron chi connectivity index (χ1n) is 9.26. The summed E-state index contributed by atoms with van der Waals surface area (Å²) in [7, 11) is -3.51. The molecule has 0 amide bonds. The third-order valence-corrected chi connectivity index (χ3v) is 6.69. The Morgan fingerprint density at radius 3 is 2.38 bits per heavy atom. The maximum atomic E-state index is 12.9. The maximum Gasteiger partial charge on any atom is 0.243 e. The molecule has 1 heterocycles. The molecule has 26 heavy (non-hydrogen) atoms. The van der Waals surface area contributed by atoms with Crippen molar-refractivity contribution in [1.29, 1.82) is 0 Å². The Bertz CT molecular complexity index is 725. The molecule has 0 bridgehead atoms. The Morgan fingerprint density at radius 1 is 1.23 bits per heavy atom. The lowest BCUT2D eigenvalue weighted by atomic mass is 10.2. The average Bonchev–Trinajstić information content (AvgIpc) is 3.09. The summed E-state index contributed by atoms with van der Waals surface area (Å²) in [5.74, 6) is 0. The minimum Gasteiger partial charge on any atom is -0.370 e. The summed E-state index contributed by atoms with van der Waals surface area (Å²) in [5, 5.41) is 6.85. The van der Waals surface area contributed by atoms with Gasteiger partial charge in [-0.15, -0.1) is 0 Å². The summed E-state index contributed by atoms with van der Waals surface area (Å²) in [4.78, 5) is 2.56. The summed E-state index contributed by atoms with van der Waals surface area (Å²) in [6.45, 7) is 10.6. The van der Waals surface area contributed by atoms with Crippen LogP contribution in [-0.2, 0) is 10.0 Å². The van der Waals surface area contributed by atoms with Crippen molar-refractivity contribution in [2.45, 2.75) is 51.5 Å². The molecule has 1 saturated heterocycles. The molecule has 0 unspecified atom stereocenters. The molecular formula is C18H30N4O2S2. The number of sulfonamides is 1. The Morgan fingerprint density at radius 2 is 1.85 bits per heavy atom. The van der Waals surface area contributed by atoms with E-state index in [-0.39, 0.29) is 6.04 Å². The van der Waals surface area contributed by atoms with Crippen LogP contribution < -0.4 is 15.5 Å². The molecule has 2 N–H and O–H groups in total. The highest BCUT2D eigenvalue weighted by molar-refractivity contribution is 7.89. The predicted octanol–water partition coefficient (Wildman–Crippen LogP) is 3.01. The molecule has 6 nitrogen and oxygen atoms in total. The molecule has 1 aliphatic heterocycles. The second-order valence-electron chi connectivity index (χ2n) is 6.72. The molecule has 146 valence electrons. The van der Waals surface area contributed by atoms with Crippen LogP contribution in [0.15, 0.2) is 23.1 Å². The van der Waals surface area contributed by atoms with Gasteiger partial charge >= 0.3 is 0 Å². The quantitative estimate of drug-likeness (QED) is 0.689. The van der Waals surface area contributed by atoms with E-state index in [1.54, 1.807) is 12.1 Å². The van der Waals surface area contributed by atoms with Crippen molar-refractivity contribution >= 4 is 38.7 Å². The molecule has 8 heteroatoms. The zero-order valence-corrected chi connectivity index (χ0v) is 17.7. The van der Waals surface area contributed by atoms with Gasteiger partial charge in [0, 0.05) is 32.2 Å². The summed E-state index contributed by atoms with van der Waals surface area (Å²) in [6.07, 6.45) is 2.29. The monoisotopic (exact) mass is 398 g/mol. The van der Waals surface area contributed by atoms with Gasteiger partial charge in [-0.2, -0.15) is 4.31 Å². The van der Waals surface area contributed by atoms with E-state index >= 15 is 0 Å². The van der Waals surface area contributed by atoms with Crippen molar-refractivity contribution in [2.75, 3.05) is 36.4 Å². The van der Waals surface area contributed by atoms with E-state index in [2.05, 4.69) is 15.5 Å². The molecule has 0 radical (unpaired) electrons. The molecule has 1 aromatic rings. The maximum absolute atomic E-state index is 12.9. The van der Waals surface area contributed by atoms with Gasteiger partial charge in [-0.25, -0.2) is 8.42 Å². The fraction of sp³-hybridized carbons (Fsp3) is 0.611. The van der Waals surface area contributed by atoms with Crippen LogP contribution >= 0.6 is 12.2 Å². The lowest BCUT2D eigenvalue weighted by Gasteiger charge is -2.25. The minimum atomic E-state index is -3.51. The van der Waals surface area contributed by atoms with Gasteiger partial charge in [-0.1, -0.05) is 13.8 Å². The van der Waals surface area contributed by atoms with Crippen molar-refractivity contribution < 1.29 is 8.42 Å². The van der Waals surface area contributed by atoms with Crippen molar-refractivity contribution in [3.8, 4) is 0 Å². The Balaban J connectivity index is 2.41. The van der Waals surface area contributed by atoms with Gasteiger partial charge in [0.05, 0.1) is 16.3 Å². The van der Waals surface area contributed by atoms with Crippen LogP contribution in [0.3, 0.4) is 0 Å². The Labute approximate surface area is 163 Å². The van der Waals surface area contributed by atoms with Crippen LogP contribution in [0.25, 0.3) is 0 Å². The van der Waals surface area contributed by atoms with Gasteiger partial charge in [-0.3, -0.25) is 0 Å². The second kappa shape index (κ2) is 9.01. The number of hydrogen-bond acceptors (Lipinski definition) is 4. The summed E-state index contributed by atoms with van der Waals surface area (Å²) >= 11 is 5.38. The van der Waals surface area contributed by atoms with E-state index < -0.39 is 10.0 Å². The van der Waals surface area contributed by atoms with Crippen LogP contribution in [0.4, 0.5) is 11.4 Å². The van der Waals surface area contributed by atoms with Crippen molar-refractivity contribution in [1.82, 2.24) is 9.62 Å². The van der Waals surface area contributed by atoms with Crippen LogP contribution in [-0.4, -0.2) is 50.1 Å². The molecule has 0 aromatic heterocycles. The molecule has 2 rings (SSSR count). The van der Waals surface area contributed by atoms with E-state index in [1.807, 2.05) is 33.8 Å². The smallest absolute Gasteiger partial charge is 0.243 e. The van der Waals surface area contributed by atoms with E-state index in [1.165, 1.54) is 4.31 Å². The Kier molecular flexibility index (Phi) is 7.25. The van der Waals surface area contributed by atoms with Crippen molar-refractivity contribution in [2.24, 2.45) is 0 Å². The minimum absolute atomic E-state index is 0.202. The standard InChI is InChI=1S/C18H30N4O2S2/c1-5-22(6-2)26(23,24)15-9-10-17(21-11-7-8-12-21)16(13-15)20-18(25)19-14(3)4/h9-10,13-14H,5-8,11-12H2,1-4H3,(H2,19,20,25). The third kappa shape index (κ3) is 4.86. The van der Waals surface area contributed by atoms with Gasteiger partial charge in [0.2, 0.25) is 10.0 Å². The van der Waals surface area contributed by atoms with Gasteiger partial charge in [-0.05, 0) is 57.1 Å². The molecule has 1 aromatic carbocycles. The number of hydrogen-bond donors (Lipinski definition) is 2. The van der Waals surface area contributed by atoms with Crippen molar-refractivity contribution in [3.63, 3.8) is 0 Å². The number of thiocarbonyl (C=S) groups is 1. The number of rotatable bonds is 7. The molecule has 0 spiro atoms. The van der Waals surface area contributed by atoms with E-state index in [0.717, 1.165) is 37.3 Å². The van der Waals surface area contributed by atoms with Crippen LogP contribution in [0.5, 0.6) is 0 Å². The largest absolute Gasteiger partial charge is 0.370 e. The zero-order chi connectivity index (χ0) is 19.3. The molecule has 0 saturated carbocycles. The number of nitrogens with zero attached hydrogens (tertiary/aromatic N) is 2. The molecule has 0 atom stereocenters. The lowest BCUT2D eigenvalue weighted by Crippen LogP contribution is -2.35. The second-order valence-corrected chi connectivity index (χ2v) is 9.06. The average molecular weight is 399 g/mol. The van der Waals surface area contributed by atoms with Crippen LogP contribution in [0.2, 0.25) is 0 Å². The molecule has 1 aliphatic rings. The zero-order valence-electron chi connectivity index (χ0n) is 16.1. The number of nitrogens with one attached hydrogen (secondary N) is 2. The summed E-state index contributed by atoms with van der Waals surface area (Å²) < 4.78 is 27.2. The van der Waals surface area contributed by atoms with E-state index in [0.29, 0.717) is 23.1 Å². The highest BCUT2D eigenvalue weighted by atomic mass is 32.2. The first-order valence-corrected chi connectivity index (χ1v) is 11.1. The highest BCUT2D eigenvalue weighted by Gasteiger charge is 2.24. The third-order valence-electron chi connectivity index (χ3n) is 4.43. The van der Waals surface area contributed by atoms with E-state index in [4.69, 9.17) is 12.2 Å². The fourth-order valence-corrected chi connectivity index (χ4v) is 4.97. The van der Waals surface area contributed by atoms with Crippen LogP contribution in [0.1, 0.15) is 40.5 Å². The first kappa shape index (κ1) is 20.9. The summed E-state index contributed by atoms with van der Waals surface area (Å²) in [5.41, 5.74) is 1.73.